The number of carbonyl (C=O) groups excluding carboxylic acids is 1. The van der Waals surface area contributed by atoms with E-state index in [-0.39, 0.29) is 24.4 Å². The highest BCUT2D eigenvalue weighted by Crippen LogP contribution is 2.32. The van der Waals surface area contributed by atoms with Crippen molar-refractivity contribution < 1.29 is 14.3 Å². The zero-order valence-corrected chi connectivity index (χ0v) is 18.4. The Kier molecular flexibility index (Phi) is 5.81. The number of aromatic amines is 1. The van der Waals surface area contributed by atoms with E-state index in [0.29, 0.717) is 28.1 Å². The molecule has 2 heterocycles. The molecular formula is C23H25N5O4. The molecule has 32 heavy (non-hydrogen) atoms. The van der Waals surface area contributed by atoms with E-state index in [1.165, 1.54) is 20.4 Å². The van der Waals surface area contributed by atoms with Gasteiger partial charge in [-0.15, -0.1) is 0 Å². The summed E-state index contributed by atoms with van der Waals surface area (Å²) in [5.41, 5.74) is 1.30. The average Bonchev–Trinajstić information content (AvgIpc) is 3.22. The fraction of sp³-hybridized carbons (Fsp3) is 0.304. The van der Waals surface area contributed by atoms with Crippen molar-refractivity contribution >= 4 is 27.7 Å². The molecule has 0 bridgehead atoms. The molecule has 4 aromatic rings. The minimum Gasteiger partial charge on any atom is -0.493 e. The van der Waals surface area contributed by atoms with E-state index >= 15 is 0 Å². The monoisotopic (exact) mass is 435 g/mol. The van der Waals surface area contributed by atoms with Gasteiger partial charge in [-0.25, -0.2) is 9.67 Å². The molecule has 0 spiro atoms. The van der Waals surface area contributed by atoms with Gasteiger partial charge in [0.05, 0.1) is 42.9 Å². The van der Waals surface area contributed by atoms with Crippen LogP contribution in [0, 0.1) is 5.92 Å². The van der Waals surface area contributed by atoms with E-state index < -0.39 is 5.56 Å². The second-order valence-electron chi connectivity index (χ2n) is 7.80. The summed E-state index contributed by atoms with van der Waals surface area (Å²) in [6.07, 6.45) is 1.53. The summed E-state index contributed by atoms with van der Waals surface area (Å²) >= 11 is 0. The summed E-state index contributed by atoms with van der Waals surface area (Å²) in [5, 5.41) is 8.06. The largest absolute Gasteiger partial charge is 0.493 e. The van der Waals surface area contributed by atoms with Crippen molar-refractivity contribution in [3.05, 3.63) is 58.8 Å². The summed E-state index contributed by atoms with van der Waals surface area (Å²) in [4.78, 5) is 33.8. The number of ether oxygens (including phenoxy) is 2. The normalized spacial score (nSPS) is 12.3. The molecule has 0 unspecified atom stereocenters. The smallest absolute Gasteiger partial charge is 0.279 e. The second-order valence-corrected chi connectivity index (χ2v) is 7.80. The second kappa shape index (κ2) is 8.70. The highest BCUT2D eigenvalue weighted by molar-refractivity contribution is 5.89. The van der Waals surface area contributed by atoms with Crippen molar-refractivity contribution in [1.29, 1.82) is 0 Å². The van der Waals surface area contributed by atoms with E-state index in [9.17, 15) is 9.59 Å². The van der Waals surface area contributed by atoms with Crippen LogP contribution in [0.4, 0.5) is 0 Å². The quantitative estimate of drug-likeness (QED) is 0.462. The molecule has 2 aromatic carbocycles. The number of rotatable bonds is 7. The third-order valence-corrected chi connectivity index (χ3v) is 5.34. The number of imidazole rings is 1. The average molecular weight is 435 g/mol. The Morgan fingerprint density at radius 3 is 2.62 bits per heavy atom. The predicted molar refractivity (Wildman–Crippen MR) is 121 cm³/mol. The maximum atomic E-state index is 13.1. The number of H-pyrrole nitrogens is 1. The third-order valence-electron chi connectivity index (χ3n) is 5.34. The topological polar surface area (TPSA) is 111 Å². The molecule has 0 fully saturated rings. The van der Waals surface area contributed by atoms with Crippen molar-refractivity contribution in [3.63, 3.8) is 0 Å². The minimum atomic E-state index is -0.432. The summed E-state index contributed by atoms with van der Waals surface area (Å²) in [7, 11) is 2.97. The molecule has 1 atom stereocenters. The molecule has 2 N–H and O–H groups in total. The Labute approximate surface area is 184 Å². The molecule has 9 nitrogen and oxygen atoms in total. The molecule has 0 radical (unpaired) electrons. The summed E-state index contributed by atoms with van der Waals surface area (Å²) in [6, 6.07) is 10.8. The van der Waals surface area contributed by atoms with Gasteiger partial charge in [-0.1, -0.05) is 26.0 Å². The Morgan fingerprint density at radius 2 is 1.94 bits per heavy atom. The molecule has 0 aliphatic rings. The first kappa shape index (κ1) is 21.4. The minimum absolute atomic E-state index is 0.0742. The van der Waals surface area contributed by atoms with E-state index in [0.717, 1.165) is 15.7 Å². The van der Waals surface area contributed by atoms with E-state index in [4.69, 9.17) is 9.47 Å². The van der Waals surface area contributed by atoms with Crippen molar-refractivity contribution in [2.75, 3.05) is 14.2 Å². The first-order valence-corrected chi connectivity index (χ1v) is 10.3. The number of aromatic nitrogens is 4. The SMILES string of the molecule is COc1ccc2cnn(CC(=O)N[C@H](c3nc4ccccc4[nH]3)C(C)C)c(=O)c2c1OC. The van der Waals surface area contributed by atoms with Crippen LogP contribution in [0.15, 0.2) is 47.4 Å². The van der Waals surface area contributed by atoms with Gasteiger partial charge in [-0.05, 0) is 30.2 Å². The molecule has 4 rings (SSSR count). The van der Waals surface area contributed by atoms with Crippen LogP contribution in [-0.4, -0.2) is 39.9 Å². The number of methoxy groups -OCH3 is 2. The first-order valence-electron chi connectivity index (χ1n) is 10.3. The Balaban J connectivity index is 1.62. The molecule has 0 saturated heterocycles. The van der Waals surface area contributed by atoms with E-state index in [1.54, 1.807) is 12.1 Å². The number of nitrogens with one attached hydrogen (secondary N) is 2. The van der Waals surface area contributed by atoms with Crippen LogP contribution in [0.2, 0.25) is 0 Å². The van der Waals surface area contributed by atoms with Gasteiger partial charge in [0, 0.05) is 5.39 Å². The zero-order chi connectivity index (χ0) is 22.8. The lowest BCUT2D eigenvalue weighted by Crippen LogP contribution is -2.37. The molecule has 1 amide bonds. The Morgan fingerprint density at radius 1 is 1.16 bits per heavy atom. The molecular weight excluding hydrogens is 410 g/mol. The molecule has 9 heteroatoms. The Hall–Kier alpha value is -3.88. The molecule has 0 saturated carbocycles. The van der Waals surface area contributed by atoms with Crippen LogP contribution >= 0.6 is 0 Å². The molecule has 0 aliphatic heterocycles. The van der Waals surface area contributed by atoms with Gasteiger partial charge in [-0.2, -0.15) is 5.10 Å². The summed E-state index contributed by atoms with van der Waals surface area (Å²) < 4.78 is 11.8. The number of amides is 1. The molecule has 0 aliphatic carbocycles. The van der Waals surface area contributed by atoms with Crippen LogP contribution < -0.4 is 20.3 Å². The van der Waals surface area contributed by atoms with Gasteiger partial charge in [0.15, 0.2) is 11.5 Å². The lowest BCUT2D eigenvalue weighted by molar-refractivity contribution is -0.123. The number of hydrogen-bond donors (Lipinski definition) is 2. The number of hydrogen-bond acceptors (Lipinski definition) is 6. The molecule has 2 aromatic heterocycles. The van der Waals surface area contributed by atoms with Crippen molar-refractivity contribution in [2.24, 2.45) is 5.92 Å². The lowest BCUT2D eigenvalue weighted by Gasteiger charge is -2.20. The number of nitrogens with zero attached hydrogens (tertiary/aromatic N) is 3. The number of benzene rings is 2. The van der Waals surface area contributed by atoms with Crippen LogP contribution in [0.25, 0.3) is 21.8 Å². The van der Waals surface area contributed by atoms with E-state index in [2.05, 4.69) is 20.4 Å². The number of fused-ring (bicyclic) bond motifs is 2. The van der Waals surface area contributed by atoms with Gasteiger partial charge in [0.1, 0.15) is 12.4 Å². The van der Waals surface area contributed by atoms with Gasteiger partial charge >= 0.3 is 0 Å². The highest BCUT2D eigenvalue weighted by Gasteiger charge is 2.23. The van der Waals surface area contributed by atoms with Crippen molar-refractivity contribution in [2.45, 2.75) is 26.4 Å². The van der Waals surface area contributed by atoms with Crippen LogP contribution in [0.3, 0.4) is 0 Å². The Bertz CT molecular complexity index is 1310. The zero-order valence-electron chi connectivity index (χ0n) is 18.4. The number of carbonyl (C=O) groups is 1. The van der Waals surface area contributed by atoms with Gasteiger partial charge < -0.3 is 19.8 Å². The van der Waals surface area contributed by atoms with Crippen molar-refractivity contribution in [3.8, 4) is 11.5 Å². The predicted octanol–water partition coefficient (Wildman–Crippen LogP) is 2.80. The van der Waals surface area contributed by atoms with Gasteiger partial charge in [0.25, 0.3) is 5.56 Å². The van der Waals surface area contributed by atoms with Crippen molar-refractivity contribution in [1.82, 2.24) is 25.1 Å². The van der Waals surface area contributed by atoms with Gasteiger partial charge in [0.2, 0.25) is 5.91 Å². The standard InChI is InChI=1S/C23H25N5O4/c1-13(2)20(22-25-15-7-5-6-8-16(15)26-22)27-18(29)12-28-23(30)19-14(11-24-28)9-10-17(31-3)21(19)32-4/h5-11,13,20H,12H2,1-4H3,(H,25,26)(H,27,29)/t20-/m0/s1. The number of para-hydroxylation sites is 2. The van der Waals surface area contributed by atoms with E-state index in [1.807, 2.05) is 38.1 Å². The fourth-order valence-electron chi connectivity index (χ4n) is 3.72. The fourth-order valence-corrected chi connectivity index (χ4v) is 3.72. The van der Waals surface area contributed by atoms with Gasteiger partial charge in [-0.3, -0.25) is 9.59 Å². The lowest BCUT2D eigenvalue weighted by atomic mass is 10.0. The third kappa shape index (κ3) is 3.89. The van der Waals surface area contributed by atoms with Crippen LogP contribution in [0.1, 0.15) is 25.7 Å². The summed E-state index contributed by atoms with van der Waals surface area (Å²) in [5.74, 6) is 1.14. The highest BCUT2D eigenvalue weighted by atomic mass is 16.5. The van der Waals surface area contributed by atoms with Crippen LogP contribution in [-0.2, 0) is 11.3 Å². The summed E-state index contributed by atoms with van der Waals surface area (Å²) in [6.45, 7) is 3.75. The molecule has 166 valence electrons. The maximum absolute atomic E-state index is 13.1. The first-order chi connectivity index (χ1) is 15.4. The van der Waals surface area contributed by atoms with Crippen LogP contribution in [0.5, 0.6) is 11.5 Å². The maximum Gasteiger partial charge on any atom is 0.279 e.